The Morgan fingerprint density at radius 3 is 3.06 bits per heavy atom. The summed E-state index contributed by atoms with van der Waals surface area (Å²) < 4.78 is 18.9. The van der Waals surface area contributed by atoms with E-state index < -0.39 is 5.82 Å². The number of amides is 1. The van der Waals surface area contributed by atoms with Crippen LogP contribution in [0.1, 0.15) is 17.3 Å². The van der Waals surface area contributed by atoms with Crippen molar-refractivity contribution in [2.75, 3.05) is 19.7 Å². The highest BCUT2D eigenvalue weighted by molar-refractivity contribution is 9.10. The van der Waals surface area contributed by atoms with Gasteiger partial charge in [0, 0.05) is 13.1 Å². The van der Waals surface area contributed by atoms with Crippen LogP contribution < -0.4 is 0 Å². The normalized spacial score (nSPS) is 20.4. The highest BCUT2D eigenvalue weighted by Crippen LogP contribution is 2.22. The Kier molecular flexibility index (Phi) is 3.79. The van der Waals surface area contributed by atoms with Gasteiger partial charge in [0.1, 0.15) is 5.82 Å². The van der Waals surface area contributed by atoms with E-state index in [9.17, 15) is 9.18 Å². The lowest BCUT2D eigenvalue weighted by atomic mass is 10.1. The fourth-order valence-electron chi connectivity index (χ4n) is 1.84. The smallest absolute Gasteiger partial charge is 0.255 e. The van der Waals surface area contributed by atoms with Gasteiger partial charge in [0.15, 0.2) is 0 Å². The molecular weight excluding hydrogens is 289 g/mol. The van der Waals surface area contributed by atoms with Gasteiger partial charge >= 0.3 is 0 Å². The van der Waals surface area contributed by atoms with E-state index >= 15 is 0 Å². The number of halogens is 2. The fourth-order valence-corrected chi connectivity index (χ4v) is 2.28. The average Bonchev–Trinajstić information content (AvgIpc) is 2.32. The first kappa shape index (κ1) is 12.5. The van der Waals surface area contributed by atoms with Crippen LogP contribution in [0.15, 0.2) is 22.7 Å². The van der Waals surface area contributed by atoms with E-state index in [2.05, 4.69) is 15.9 Å². The average molecular weight is 302 g/mol. The lowest BCUT2D eigenvalue weighted by Gasteiger charge is -2.31. The molecule has 0 radical (unpaired) electrons. The van der Waals surface area contributed by atoms with Crippen molar-refractivity contribution in [3.63, 3.8) is 0 Å². The molecule has 0 spiro atoms. The Morgan fingerprint density at radius 1 is 1.59 bits per heavy atom. The summed E-state index contributed by atoms with van der Waals surface area (Å²) in [6, 6.07) is 4.48. The van der Waals surface area contributed by atoms with Gasteiger partial charge in [-0.2, -0.15) is 0 Å². The first-order valence-corrected chi connectivity index (χ1v) is 6.24. The molecule has 1 aliphatic rings. The third-order valence-electron chi connectivity index (χ3n) is 2.71. The van der Waals surface area contributed by atoms with Crippen LogP contribution in [-0.4, -0.2) is 36.6 Å². The maximum atomic E-state index is 13.3. The number of benzene rings is 1. The summed E-state index contributed by atoms with van der Waals surface area (Å²) >= 11 is 3.11. The first-order chi connectivity index (χ1) is 8.09. The van der Waals surface area contributed by atoms with Crippen molar-refractivity contribution in [3.8, 4) is 0 Å². The van der Waals surface area contributed by atoms with Crippen molar-refractivity contribution in [2.24, 2.45) is 0 Å². The second-order valence-electron chi connectivity index (χ2n) is 4.03. The molecule has 3 nitrogen and oxygen atoms in total. The molecule has 1 aromatic rings. The van der Waals surface area contributed by atoms with Gasteiger partial charge in [0.25, 0.3) is 5.91 Å². The van der Waals surface area contributed by atoms with Crippen molar-refractivity contribution in [2.45, 2.75) is 13.0 Å². The van der Waals surface area contributed by atoms with Crippen molar-refractivity contribution in [3.05, 3.63) is 34.1 Å². The fraction of sp³-hybridized carbons (Fsp3) is 0.417. The van der Waals surface area contributed by atoms with Gasteiger partial charge in [0.2, 0.25) is 0 Å². The standard InChI is InChI=1S/C12H13BrFNO2/c1-8-7-15(5-6-17-8)12(16)9-3-2-4-10(14)11(9)13/h2-4,8H,5-7H2,1H3. The van der Waals surface area contributed by atoms with Crippen molar-refractivity contribution >= 4 is 21.8 Å². The van der Waals surface area contributed by atoms with Crippen LogP contribution in [0, 0.1) is 5.82 Å². The van der Waals surface area contributed by atoms with E-state index in [4.69, 9.17) is 4.74 Å². The van der Waals surface area contributed by atoms with Gasteiger partial charge in [-0.1, -0.05) is 6.07 Å². The van der Waals surface area contributed by atoms with Crippen molar-refractivity contribution in [1.29, 1.82) is 0 Å². The molecular formula is C12H13BrFNO2. The second kappa shape index (κ2) is 5.14. The number of nitrogens with zero attached hydrogens (tertiary/aromatic N) is 1. The van der Waals surface area contributed by atoms with Crippen LogP contribution >= 0.6 is 15.9 Å². The van der Waals surface area contributed by atoms with Gasteiger partial charge < -0.3 is 9.64 Å². The Balaban J connectivity index is 2.22. The zero-order valence-electron chi connectivity index (χ0n) is 9.45. The SMILES string of the molecule is CC1CN(C(=O)c2cccc(F)c2Br)CCO1. The zero-order chi connectivity index (χ0) is 12.4. The predicted octanol–water partition coefficient (Wildman–Crippen LogP) is 2.45. The summed E-state index contributed by atoms with van der Waals surface area (Å²) in [5, 5.41) is 0. The van der Waals surface area contributed by atoms with Gasteiger partial charge in [0.05, 0.1) is 22.7 Å². The maximum Gasteiger partial charge on any atom is 0.255 e. The Bertz CT molecular complexity index is 439. The number of carbonyl (C=O) groups is 1. The quantitative estimate of drug-likeness (QED) is 0.797. The summed E-state index contributed by atoms with van der Waals surface area (Å²) in [6.07, 6.45) is 0.0278. The molecule has 1 amide bonds. The molecule has 0 aliphatic carbocycles. The molecule has 92 valence electrons. The number of ether oxygens (including phenoxy) is 1. The largest absolute Gasteiger partial charge is 0.375 e. The van der Waals surface area contributed by atoms with Gasteiger partial charge in [-0.25, -0.2) is 4.39 Å². The number of hydrogen-bond acceptors (Lipinski definition) is 2. The molecule has 2 rings (SSSR count). The lowest BCUT2D eigenvalue weighted by molar-refractivity contribution is -0.0124. The summed E-state index contributed by atoms with van der Waals surface area (Å²) in [4.78, 5) is 13.9. The van der Waals surface area contributed by atoms with Crippen LogP contribution in [-0.2, 0) is 4.74 Å². The summed E-state index contributed by atoms with van der Waals surface area (Å²) in [5.74, 6) is -0.580. The Labute approximate surface area is 108 Å². The number of morpholine rings is 1. The van der Waals surface area contributed by atoms with E-state index in [0.29, 0.717) is 25.3 Å². The van der Waals surface area contributed by atoms with Crippen LogP contribution in [0.25, 0.3) is 0 Å². The van der Waals surface area contributed by atoms with Crippen LogP contribution in [0.5, 0.6) is 0 Å². The van der Waals surface area contributed by atoms with Gasteiger partial charge in [-0.15, -0.1) is 0 Å². The summed E-state index contributed by atoms with van der Waals surface area (Å²) in [7, 11) is 0. The summed E-state index contributed by atoms with van der Waals surface area (Å²) in [5.41, 5.74) is 0.360. The minimum absolute atomic E-state index is 0.0278. The monoisotopic (exact) mass is 301 g/mol. The van der Waals surface area contributed by atoms with Gasteiger partial charge in [-0.05, 0) is 35.0 Å². The van der Waals surface area contributed by atoms with Crippen molar-refractivity contribution in [1.82, 2.24) is 4.90 Å². The third kappa shape index (κ3) is 2.66. The van der Waals surface area contributed by atoms with Gasteiger partial charge in [-0.3, -0.25) is 4.79 Å². The molecule has 1 aromatic carbocycles. The first-order valence-electron chi connectivity index (χ1n) is 5.44. The van der Waals surface area contributed by atoms with E-state index in [-0.39, 0.29) is 16.5 Å². The third-order valence-corrected chi connectivity index (χ3v) is 3.52. The molecule has 1 aliphatic heterocycles. The van der Waals surface area contributed by atoms with E-state index in [1.54, 1.807) is 11.0 Å². The summed E-state index contributed by atoms with van der Waals surface area (Å²) in [6.45, 7) is 3.54. The Morgan fingerprint density at radius 2 is 2.35 bits per heavy atom. The lowest BCUT2D eigenvalue weighted by Crippen LogP contribution is -2.44. The molecule has 0 N–H and O–H groups in total. The van der Waals surface area contributed by atoms with Crippen LogP contribution in [0.4, 0.5) is 4.39 Å². The van der Waals surface area contributed by atoms with Crippen LogP contribution in [0.2, 0.25) is 0 Å². The van der Waals surface area contributed by atoms with E-state index in [0.717, 1.165) is 0 Å². The second-order valence-corrected chi connectivity index (χ2v) is 4.83. The minimum Gasteiger partial charge on any atom is -0.375 e. The molecule has 1 saturated heterocycles. The molecule has 1 heterocycles. The molecule has 1 fully saturated rings. The van der Waals surface area contributed by atoms with E-state index in [1.807, 2.05) is 6.92 Å². The van der Waals surface area contributed by atoms with E-state index in [1.165, 1.54) is 12.1 Å². The van der Waals surface area contributed by atoms with Crippen LogP contribution in [0.3, 0.4) is 0 Å². The molecule has 0 bridgehead atoms. The maximum absolute atomic E-state index is 13.3. The molecule has 0 saturated carbocycles. The predicted molar refractivity (Wildman–Crippen MR) is 65.4 cm³/mol. The molecule has 17 heavy (non-hydrogen) atoms. The van der Waals surface area contributed by atoms with Crippen molar-refractivity contribution < 1.29 is 13.9 Å². The highest BCUT2D eigenvalue weighted by atomic mass is 79.9. The molecule has 1 unspecified atom stereocenters. The Hall–Kier alpha value is -0.940. The molecule has 1 atom stereocenters. The number of carbonyl (C=O) groups excluding carboxylic acids is 1. The number of hydrogen-bond donors (Lipinski definition) is 0. The molecule has 5 heteroatoms. The topological polar surface area (TPSA) is 29.5 Å². The molecule has 0 aromatic heterocycles. The zero-order valence-corrected chi connectivity index (χ0v) is 11.0. The number of rotatable bonds is 1. The highest BCUT2D eigenvalue weighted by Gasteiger charge is 2.24. The minimum atomic E-state index is -0.419.